The van der Waals surface area contributed by atoms with Gasteiger partial charge in [-0.1, -0.05) is 22.0 Å². The van der Waals surface area contributed by atoms with Gasteiger partial charge < -0.3 is 10.2 Å². The Bertz CT molecular complexity index is 477. The highest BCUT2D eigenvalue weighted by molar-refractivity contribution is 9.10. The van der Waals surface area contributed by atoms with Crippen LogP contribution in [0.15, 0.2) is 22.7 Å². The molecule has 19 heavy (non-hydrogen) atoms. The monoisotopic (exact) mass is 328 g/mol. The zero-order chi connectivity index (χ0) is 14.4. The first-order chi connectivity index (χ1) is 8.97. The van der Waals surface area contributed by atoms with Crippen molar-refractivity contribution >= 4 is 33.4 Å². The zero-order valence-electron chi connectivity index (χ0n) is 11.1. The van der Waals surface area contributed by atoms with E-state index in [2.05, 4.69) is 26.8 Å². The lowest BCUT2D eigenvalue weighted by Crippen LogP contribution is -2.46. The average molecular weight is 329 g/mol. The fourth-order valence-electron chi connectivity index (χ4n) is 1.44. The van der Waals surface area contributed by atoms with Crippen LogP contribution in [-0.4, -0.2) is 24.4 Å². The van der Waals surface area contributed by atoms with Gasteiger partial charge in [-0.15, -0.1) is 0 Å². The second-order valence-corrected chi connectivity index (χ2v) is 4.83. The lowest BCUT2D eigenvalue weighted by Gasteiger charge is -2.17. The van der Waals surface area contributed by atoms with Crippen LogP contribution < -0.4 is 10.9 Å². The molecule has 1 aromatic rings. The molecule has 2 N–H and O–H groups in total. The Morgan fingerprint density at radius 2 is 2.11 bits per heavy atom. The fraction of sp³-hybridized carbons (Fsp3) is 0.385. The van der Waals surface area contributed by atoms with Gasteiger partial charge in [0.25, 0.3) is 0 Å². The van der Waals surface area contributed by atoms with Crippen LogP contribution in [0.3, 0.4) is 0 Å². The number of hydrogen-bond acceptors (Lipinski definition) is 5. The van der Waals surface area contributed by atoms with Crippen molar-refractivity contribution in [2.24, 2.45) is 0 Å². The van der Waals surface area contributed by atoms with Crippen molar-refractivity contribution in [3.63, 3.8) is 0 Å². The van der Waals surface area contributed by atoms with Crippen LogP contribution in [0.25, 0.3) is 0 Å². The van der Waals surface area contributed by atoms with Crippen LogP contribution in [0, 0.1) is 6.92 Å². The van der Waals surface area contributed by atoms with Gasteiger partial charge >= 0.3 is 5.97 Å². The Labute approximate surface area is 120 Å². The molecule has 1 atom stereocenters. The lowest BCUT2D eigenvalue weighted by atomic mass is 10.2. The van der Waals surface area contributed by atoms with Crippen LogP contribution in [0.4, 0.5) is 5.69 Å². The normalized spacial score (nSPS) is 11.8. The summed E-state index contributed by atoms with van der Waals surface area (Å²) in [4.78, 5) is 23.0. The highest BCUT2D eigenvalue weighted by Gasteiger charge is 2.24. The van der Waals surface area contributed by atoms with Gasteiger partial charge in [-0.05, 0) is 38.5 Å². The van der Waals surface area contributed by atoms with Gasteiger partial charge in [-0.25, -0.2) is 10.2 Å². The summed E-state index contributed by atoms with van der Waals surface area (Å²) in [5.41, 5.74) is 7.32. The maximum atomic E-state index is 11.6. The second-order valence-electron chi connectivity index (χ2n) is 3.98. The fourth-order valence-corrected chi connectivity index (χ4v) is 1.81. The molecule has 0 radical (unpaired) electrons. The van der Waals surface area contributed by atoms with E-state index in [1.807, 2.05) is 25.1 Å². The van der Waals surface area contributed by atoms with Crippen LogP contribution in [0.2, 0.25) is 0 Å². The molecule has 0 saturated heterocycles. The van der Waals surface area contributed by atoms with E-state index in [0.29, 0.717) is 0 Å². The van der Waals surface area contributed by atoms with Crippen molar-refractivity contribution in [1.29, 1.82) is 0 Å². The van der Waals surface area contributed by atoms with Crippen molar-refractivity contribution in [3.8, 4) is 0 Å². The Balaban J connectivity index is 2.74. The van der Waals surface area contributed by atoms with Gasteiger partial charge in [0.05, 0.1) is 12.3 Å². The summed E-state index contributed by atoms with van der Waals surface area (Å²) >= 11 is 3.41. The third-order valence-corrected chi connectivity index (χ3v) is 3.41. The summed E-state index contributed by atoms with van der Waals surface area (Å²) < 4.78 is 5.78. The van der Waals surface area contributed by atoms with E-state index in [9.17, 15) is 9.59 Å². The molecule has 5 nitrogen and oxygen atoms in total. The summed E-state index contributed by atoms with van der Waals surface area (Å²) in [6, 6.07) is 4.59. The van der Waals surface area contributed by atoms with Gasteiger partial charge in [-0.2, -0.15) is 0 Å². The molecule has 0 aliphatic heterocycles. The van der Waals surface area contributed by atoms with Crippen LogP contribution in [-0.2, 0) is 14.3 Å². The molecule has 0 fully saturated rings. The second kappa shape index (κ2) is 7.25. The van der Waals surface area contributed by atoms with E-state index in [1.165, 1.54) is 6.92 Å². The SMILES string of the molecule is CCOC(=O)C(NNc1cccc(Br)c1C)C(C)=O. The van der Waals surface area contributed by atoms with Crippen molar-refractivity contribution in [1.82, 2.24) is 5.43 Å². The minimum Gasteiger partial charge on any atom is -0.464 e. The standard InChI is InChI=1S/C13H17BrN2O3/c1-4-19-13(18)12(9(3)17)16-15-11-7-5-6-10(14)8(11)2/h5-7,12,15-16H,4H2,1-3H3. The van der Waals surface area contributed by atoms with Gasteiger partial charge in [0.1, 0.15) is 0 Å². The average Bonchev–Trinajstić information content (AvgIpc) is 2.34. The molecular formula is C13H17BrN2O3. The maximum Gasteiger partial charge on any atom is 0.332 e. The number of ketones is 1. The van der Waals surface area contributed by atoms with E-state index >= 15 is 0 Å². The lowest BCUT2D eigenvalue weighted by molar-refractivity contribution is -0.148. The van der Waals surface area contributed by atoms with E-state index in [0.717, 1.165) is 15.7 Å². The first kappa shape index (κ1) is 15.7. The number of esters is 1. The number of nitrogens with one attached hydrogen (secondary N) is 2. The molecule has 1 aromatic carbocycles. The largest absolute Gasteiger partial charge is 0.464 e. The molecule has 0 amide bonds. The number of anilines is 1. The first-order valence-corrected chi connectivity index (χ1v) is 6.70. The van der Waals surface area contributed by atoms with Crippen LogP contribution in [0.5, 0.6) is 0 Å². The number of carbonyl (C=O) groups excluding carboxylic acids is 2. The van der Waals surface area contributed by atoms with Crippen LogP contribution >= 0.6 is 15.9 Å². The van der Waals surface area contributed by atoms with Gasteiger partial charge in [0.2, 0.25) is 0 Å². The number of benzene rings is 1. The number of ether oxygens (including phenoxy) is 1. The van der Waals surface area contributed by atoms with Crippen LogP contribution in [0.1, 0.15) is 19.4 Å². The van der Waals surface area contributed by atoms with E-state index in [-0.39, 0.29) is 12.4 Å². The van der Waals surface area contributed by atoms with Crippen molar-refractivity contribution in [2.75, 3.05) is 12.0 Å². The zero-order valence-corrected chi connectivity index (χ0v) is 12.7. The summed E-state index contributed by atoms with van der Waals surface area (Å²) in [5, 5.41) is 0. The Kier molecular flexibility index (Phi) is 5.98. The molecule has 0 saturated carbocycles. The summed E-state index contributed by atoms with van der Waals surface area (Å²) in [6.07, 6.45) is 0. The molecular weight excluding hydrogens is 312 g/mol. The molecule has 104 valence electrons. The number of halogens is 1. The first-order valence-electron chi connectivity index (χ1n) is 5.91. The van der Waals surface area contributed by atoms with Crippen molar-refractivity contribution in [2.45, 2.75) is 26.8 Å². The van der Waals surface area contributed by atoms with Gasteiger partial charge in [0, 0.05) is 4.47 Å². The third-order valence-electron chi connectivity index (χ3n) is 2.55. The molecule has 0 heterocycles. The predicted octanol–water partition coefficient (Wildman–Crippen LogP) is 2.19. The molecule has 0 aromatic heterocycles. The number of rotatable bonds is 6. The number of hydrazine groups is 1. The van der Waals surface area contributed by atoms with Gasteiger partial charge in [-0.3, -0.25) is 4.79 Å². The molecule has 0 aliphatic rings. The highest BCUT2D eigenvalue weighted by Crippen LogP contribution is 2.22. The number of carbonyl (C=O) groups is 2. The van der Waals surface area contributed by atoms with Crippen molar-refractivity contribution < 1.29 is 14.3 Å². The predicted molar refractivity (Wildman–Crippen MR) is 76.7 cm³/mol. The minimum atomic E-state index is -1.02. The summed E-state index contributed by atoms with van der Waals surface area (Å²) in [7, 11) is 0. The topological polar surface area (TPSA) is 67.4 Å². The summed E-state index contributed by atoms with van der Waals surface area (Å²) in [6.45, 7) is 5.19. The molecule has 1 rings (SSSR count). The molecule has 0 spiro atoms. The highest BCUT2D eigenvalue weighted by atomic mass is 79.9. The molecule has 0 bridgehead atoms. The minimum absolute atomic E-state index is 0.236. The maximum absolute atomic E-state index is 11.6. The smallest absolute Gasteiger partial charge is 0.332 e. The Hall–Kier alpha value is -1.40. The van der Waals surface area contributed by atoms with E-state index in [4.69, 9.17) is 4.74 Å². The quantitative estimate of drug-likeness (QED) is 0.476. The third kappa shape index (κ3) is 4.33. The summed E-state index contributed by atoms with van der Waals surface area (Å²) in [5.74, 6) is -0.895. The molecule has 1 unspecified atom stereocenters. The van der Waals surface area contributed by atoms with E-state index in [1.54, 1.807) is 6.92 Å². The van der Waals surface area contributed by atoms with Crippen molar-refractivity contribution in [3.05, 3.63) is 28.2 Å². The Morgan fingerprint density at radius 1 is 1.42 bits per heavy atom. The molecule has 6 heteroatoms. The number of Topliss-reactive ketones (excluding diaryl/α,β-unsaturated/α-hetero) is 1. The molecule has 0 aliphatic carbocycles. The van der Waals surface area contributed by atoms with E-state index < -0.39 is 12.0 Å². The van der Waals surface area contributed by atoms with Gasteiger partial charge in [0.15, 0.2) is 11.8 Å². The number of hydrogen-bond donors (Lipinski definition) is 2. The Morgan fingerprint density at radius 3 is 2.68 bits per heavy atom.